The molecule has 0 saturated heterocycles. The smallest absolute Gasteiger partial charge is 0.220 e. The number of hydrogen-bond donors (Lipinski definition) is 2. The maximum atomic E-state index is 11.7. The van der Waals surface area contributed by atoms with E-state index >= 15 is 0 Å². The van der Waals surface area contributed by atoms with Crippen molar-refractivity contribution in [2.24, 2.45) is 5.92 Å². The van der Waals surface area contributed by atoms with Crippen LogP contribution >= 0.6 is 11.6 Å². The Morgan fingerprint density at radius 1 is 1.38 bits per heavy atom. The molecule has 4 heteroatoms. The zero-order chi connectivity index (χ0) is 15.0. The first kappa shape index (κ1) is 14.5. The molecule has 0 aliphatic heterocycles. The fourth-order valence-corrected chi connectivity index (χ4v) is 3.01. The van der Waals surface area contributed by atoms with Crippen molar-refractivity contribution in [1.82, 2.24) is 10.3 Å². The van der Waals surface area contributed by atoms with E-state index in [9.17, 15) is 4.79 Å². The van der Waals surface area contributed by atoms with Crippen LogP contribution < -0.4 is 5.32 Å². The molecule has 1 aliphatic carbocycles. The van der Waals surface area contributed by atoms with Crippen molar-refractivity contribution in [1.29, 1.82) is 0 Å². The van der Waals surface area contributed by atoms with Gasteiger partial charge in [0, 0.05) is 28.0 Å². The van der Waals surface area contributed by atoms with Crippen LogP contribution in [0, 0.1) is 5.92 Å². The average Bonchev–Trinajstić information content (AvgIpc) is 3.13. The highest BCUT2D eigenvalue weighted by molar-refractivity contribution is 6.32. The summed E-state index contributed by atoms with van der Waals surface area (Å²) in [5.74, 6) is 1.17. The predicted octanol–water partition coefficient (Wildman–Crippen LogP) is 4.36. The van der Waals surface area contributed by atoms with Crippen LogP contribution in [0.15, 0.2) is 18.2 Å². The normalized spacial score (nSPS) is 14.9. The van der Waals surface area contributed by atoms with E-state index in [2.05, 4.69) is 36.3 Å². The summed E-state index contributed by atoms with van der Waals surface area (Å²) in [5, 5.41) is 4.88. The van der Waals surface area contributed by atoms with Crippen molar-refractivity contribution in [2.45, 2.75) is 45.6 Å². The molecule has 1 aromatic heterocycles. The fourth-order valence-electron chi connectivity index (χ4n) is 2.62. The first-order valence-electron chi connectivity index (χ1n) is 7.60. The summed E-state index contributed by atoms with van der Waals surface area (Å²) < 4.78 is 0. The van der Waals surface area contributed by atoms with E-state index in [1.165, 1.54) is 12.8 Å². The van der Waals surface area contributed by atoms with E-state index < -0.39 is 0 Å². The number of benzene rings is 1. The highest BCUT2D eigenvalue weighted by Crippen LogP contribution is 2.32. The number of nitrogens with one attached hydrogen (secondary N) is 2. The van der Waals surface area contributed by atoms with Crippen molar-refractivity contribution in [3.8, 4) is 0 Å². The van der Waals surface area contributed by atoms with Gasteiger partial charge in [-0.1, -0.05) is 25.4 Å². The maximum absolute atomic E-state index is 11.7. The number of carbonyl (C=O) groups excluding carboxylic acids is 1. The molecule has 2 N–H and O–H groups in total. The molecular formula is C17H21ClN2O. The molecule has 1 heterocycles. The number of hydrogen-bond acceptors (Lipinski definition) is 1. The molecule has 1 amide bonds. The van der Waals surface area contributed by atoms with Gasteiger partial charge in [-0.2, -0.15) is 0 Å². The topological polar surface area (TPSA) is 44.9 Å². The zero-order valence-corrected chi connectivity index (χ0v) is 13.3. The lowest BCUT2D eigenvalue weighted by Gasteiger charge is -2.07. The zero-order valence-electron chi connectivity index (χ0n) is 12.5. The van der Waals surface area contributed by atoms with Gasteiger partial charge in [-0.3, -0.25) is 4.79 Å². The van der Waals surface area contributed by atoms with Gasteiger partial charge in [0.2, 0.25) is 5.91 Å². The first-order chi connectivity index (χ1) is 10.0. The molecule has 112 valence electrons. The molecule has 1 aliphatic rings. The summed E-state index contributed by atoms with van der Waals surface area (Å²) in [6.45, 7) is 4.82. The molecule has 1 fully saturated rings. The lowest BCUT2D eigenvalue weighted by molar-refractivity contribution is -0.121. The second-order valence-electron chi connectivity index (χ2n) is 6.33. The van der Waals surface area contributed by atoms with Crippen molar-refractivity contribution in [2.75, 3.05) is 0 Å². The lowest BCUT2D eigenvalue weighted by atomic mass is 10.0. The highest BCUT2D eigenvalue weighted by Gasteiger charge is 2.24. The summed E-state index contributed by atoms with van der Waals surface area (Å²) in [6, 6.07) is 6.17. The minimum absolute atomic E-state index is 0.150. The van der Waals surface area contributed by atoms with Gasteiger partial charge in [0.05, 0.1) is 6.54 Å². The van der Waals surface area contributed by atoms with Gasteiger partial charge in [-0.25, -0.2) is 0 Å². The second-order valence-corrected chi connectivity index (χ2v) is 6.74. The first-order valence-corrected chi connectivity index (χ1v) is 7.98. The fraction of sp³-hybridized carbons (Fsp3) is 0.471. The van der Waals surface area contributed by atoms with Crippen molar-refractivity contribution >= 4 is 28.4 Å². The predicted molar refractivity (Wildman–Crippen MR) is 86.6 cm³/mol. The Labute approximate surface area is 130 Å². The molecule has 0 bridgehead atoms. The van der Waals surface area contributed by atoms with Crippen LogP contribution in [0.3, 0.4) is 0 Å². The number of aromatic nitrogens is 1. The Morgan fingerprint density at radius 3 is 2.81 bits per heavy atom. The summed E-state index contributed by atoms with van der Waals surface area (Å²) in [5.41, 5.74) is 3.25. The van der Waals surface area contributed by atoms with Crippen LogP contribution in [-0.4, -0.2) is 10.9 Å². The van der Waals surface area contributed by atoms with E-state index in [0.29, 0.717) is 24.8 Å². The quantitative estimate of drug-likeness (QED) is 0.847. The van der Waals surface area contributed by atoms with E-state index in [1.54, 1.807) is 0 Å². The highest BCUT2D eigenvalue weighted by atomic mass is 35.5. The Kier molecular flexibility index (Phi) is 3.94. The van der Waals surface area contributed by atoms with Crippen LogP contribution in [0.4, 0.5) is 0 Å². The molecule has 3 nitrogen and oxygen atoms in total. The van der Waals surface area contributed by atoms with E-state index in [-0.39, 0.29) is 5.91 Å². The Morgan fingerprint density at radius 2 is 2.14 bits per heavy atom. The Bertz CT molecular complexity index is 671. The Balaban J connectivity index is 1.72. The van der Waals surface area contributed by atoms with Gasteiger partial charge in [-0.05, 0) is 48.4 Å². The van der Waals surface area contributed by atoms with Crippen LogP contribution in [-0.2, 0) is 11.3 Å². The number of aromatic amines is 1. The van der Waals surface area contributed by atoms with Gasteiger partial charge in [0.25, 0.3) is 0 Å². The number of fused-ring (bicyclic) bond motifs is 1. The molecule has 0 radical (unpaired) electrons. The molecule has 0 spiro atoms. The van der Waals surface area contributed by atoms with Gasteiger partial charge in [0.1, 0.15) is 0 Å². The molecule has 21 heavy (non-hydrogen) atoms. The van der Waals surface area contributed by atoms with E-state index in [1.807, 2.05) is 6.07 Å². The molecule has 3 rings (SSSR count). The largest absolute Gasteiger partial charge is 0.357 e. The summed E-state index contributed by atoms with van der Waals surface area (Å²) in [4.78, 5) is 15.1. The van der Waals surface area contributed by atoms with E-state index in [0.717, 1.165) is 27.2 Å². The second kappa shape index (κ2) is 5.72. The van der Waals surface area contributed by atoms with Crippen LogP contribution in [0.5, 0.6) is 0 Å². The van der Waals surface area contributed by atoms with Crippen LogP contribution in [0.25, 0.3) is 10.9 Å². The minimum Gasteiger partial charge on any atom is -0.357 e. The number of H-pyrrole nitrogens is 1. The number of halogens is 1. The molecule has 1 aromatic carbocycles. The molecule has 0 unspecified atom stereocenters. The SMILES string of the molecule is CC(C)c1cc2[nH]c(CNC(=O)CC3CC3)cc2cc1Cl. The van der Waals surface area contributed by atoms with Gasteiger partial charge in [-0.15, -0.1) is 0 Å². The van der Waals surface area contributed by atoms with Crippen molar-refractivity contribution in [3.05, 3.63) is 34.5 Å². The summed E-state index contributed by atoms with van der Waals surface area (Å²) in [6.07, 6.45) is 3.08. The number of amides is 1. The number of rotatable bonds is 5. The standard InChI is InChI=1S/C17H21ClN2O/c1-10(2)14-8-16-12(7-15(14)18)6-13(20-16)9-19-17(21)5-11-3-4-11/h6-8,10-11,20H,3-5,9H2,1-2H3,(H,19,21). The van der Waals surface area contributed by atoms with Crippen LogP contribution in [0.1, 0.15) is 50.3 Å². The maximum Gasteiger partial charge on any atom is 0.220 e. The molecule has 1 saturated carbocycles. The van der Waals surface area contributed by atoms with E-state index in [4.69, 9.17) is 11.6 Å². The van der Waals surface area contributed by atoms with Crippen molar-refractivity contribution in [3.63, 3.8) is 0 Å². The van der Waals surface area contributed by atoms with Gasteiger partial charge in [0.15, 0.2) is 0 Å². The molecule has 0 atom stereocenters. The molecular weight excluding hydrogens is 284 g/mol. The summed E-state index contributed by atoms with van der Waals surface area (Å²) in [7, 11) is 0. The Hall–Kier alpha value is -1.48. The lowest BCUT2D eigenvalue weighted by Crippen LogP contribution is -2.22. The molecule has 2 aromatic rings. The monoisotopic (exact) mass is 304 g/mol. The summed E-state index contributed by atoms with van der Waals surface area (Å²) >= 11 is 6.32. The average molecular weight is 305 g/mol. The van der Waals surface area contributed by atoms with Crippen LogP contribution in [0.2, 0.25) is 5.02 Å². The number of carbonyl (C=O) groups is 1. The third-order valence-electron chi connectivity index (χ3n) is 4.06. The minimum atomic E-state index is 0.150. The van der Waals surface area contributed by atoms with Gasteiger partial charge >= 0.3 is 0 Å². The van der Waals surface area contributed by atoms with Gasteiger partial charge < -0.3 is 10.3 Å². The third kappa shape index (κ3) is 3.41. The van der Waals surface area contributed by atoms with Crippen molar-refractivity contribution < 1.29 is 4.79 Å². The third-order valence-corrected chi connectivity index (χ3v) is 4.39.